The molecule has 2 heterocycles. The van der Waals surface area contributed by atoms with Crippen LogP contribution in [0, 0.1) is 0 Å². The minimum absolute atomic E-state index is 0.494. The van der Waals surface area contributed by atoms with Crippen molar-refractivity contribution < 1.29 is 9.90 Å². The molecule has 17 heavy (non-hydrogen) atoms. The van der Waals surface area contributed by atoms with Crippen LogP contribution in [-0.4, -0.2) is 46.1 Å². The molecule has 1 saturated heterocycles. The van der Waals surface area contributed by atoms with Crippen molar-refractivity contribution in [3.8, 4) is 0 Å². The SMILES string of the molecule is CC(C(=O)O)c1ncc(C2CCN(C)CC2)[nH]1. The van der Waals surface area contributed by atoms with Crippen molar-refractivity contribution in [2.24, 2.45) is 0 Å². The Morgan fingerprint density at radius 3 is 2.82 bits per heavy atom. The predicted octanol–water partition coefficient (Wildman–Crippen LogP) is 1.41. The number of aromatic amines is 1. The molecule has 0 aromatic carbocycles. The molecule has 1 aromatic rings. The molecule has 5 heteroatoms. The Morgan fingerprint density at radius 1 is 1.59 bits per heavy atom. The number of carbonyl (C=O) groups is 1. The van der Waals surface area contributed by atoms with Gasteiger partial charge >= 0.3 is 5.97 Å². The third kappa shape index (κ3) is 2.66. The second-order valence-corrected chi connectivity index (χ2v) is 4.86. The normalized spacial score (nSPS) is 20.4. The summed E-state index contributed by atoms with van der Waals surface area (Å²) in [6.45, 7) is 3.83. The summed E-state index contributed by atoms with van der Waals surface area (Å²) in [5.74, 6) is -0.343. The molecule has 1 aromatic heterocycles. The van der Waals surface area contributed by atoms with Crippen LogP contribution < -0.4 is 0 Å². The number of hydrogen-bond donors (Lipinski definition) is 2. The van der Waals surface area contributed by atoms with Crippen molar-refractivity contribution in [1.82, 2.24) is 14.9 Å². The number of carboxylic acids is 1. The van der Waals surface area contributed by atoms with Crippen LogP contribution >= 0.6 is 0 Å². The van der Waals surface area contributed by atoms with Crippen LogP contribution in [0.3, 0.4) is 0 Å². The first-order valence-corrected chi connectivity index (χ1v) is 6.04. The largest absolute Gasteiger partial charge is 0.481 e. The maximum Gasteiger partial charge on any atom is 0.313 e. The second kappa shape index (κ2) is 4.87. The number of aliphatic carboxylic acids is 1. The van der Waals surface area contributed by atoms with E-state index in [1.807, 2.05) is 0 Å². The smallest absolute Gasteiger partial charge is 0.313 e. The van der Waals surface area contributed by atoms with E-state index in [4.69, 9.17) is 5.11 Å². The van der Waals surface area contributed by atoms with Crippen LogP contribution in [0.1, 0.15) is 43.1 Å². The number of imidazole rings is 1. The summed E-state index contributed by atoms with van der Waals surface area (Å²) in [6.07, 6.45) is 4.02. The number of H-pyrrole nitrogens is 1. The molecule has 1 atom stereocenters. The lowest BCUT2D eigenvalue weighted by atomic mass is 9.94. The van der Waals surface area contributed by atoms with Crippen LogP contribution in [-0.2, 0) is 4.79 Å². The molecule has 94 valence electrons. The summed E-state index contributed by atoms with van der Waals surface area (Å²) in [5.41, 5.74) is 1.08. The van der Waals surface area contributed by atoms with Gasteiger partial charge in [-0.3, -0.25) is 4.79 Å². The average molecular weight is 237 g/mol. The van der Waals surface area contributed by atoms with Crippen LogP contribution in [0.4, 0.5) is 0 Å². The summed E-state index contributed by atoms with van der Waals surface area (Å²) in [6, 6.07) is 0. The van der Waals surface area contributed by atoms with E-state index in [1.165, 1.54) is 0 Å². The van der Waals surface area contributed by atoms with Gasteiger partial charge in [0.25, 0.3) is 0 Å². The van der Waals surface area contributed by atoms with E-state index in [2.05, 4.69) is 21.9 Å². The number of aromatic nitrogens is 2. The van der Waals surface area contributed by atoms with Gasteiger partial charge in [-0.25, -0.2) is 4.98 Å². The van der Waals surface area contributed by atoms with E-state index in [1.54, 1.807) is 13.1 Å². The Balaban J connectivity index is 2.05. The highest BCUT2D eigenvalue weighted by Gasteiger charge is 2.22. The molecule has 0 spiro atoms. The summed E-state index contributed by atoms with van der Waals surface area (Å²) in [4.78, 5) is 20.5. The maximum absolute atomic E-state index is 10.9. The highest BCUT2D eigenvalue weighted by Crippen LogP contribution is 2.27. The fraction of sp³-hybridized carbons (Fsp3) is 0.667. The van der Waals surface area contributed by atoms with E-state index < -0.39 is 11.9 Å². The monoisotopic (exact) mass is 237 g/mol. The van der Waals surface area contributed by atoms with Gasteiger partial charge in [-0.15, -0.1) is 0 Å². The second-order valence-electron chi connectivity index (χ2n) is 4.86. The molecule has 1 unspecified atom stereocenters. The number of nitrogens with one attached hydrogen (secondary N) is 1. The van der Waals surface area contributed by atoms with Gasteiger partial charge < -0.3 is 15.0 Å². The summed E-state index contributed by atoms with van der Waals surface area (Å²) in [5, 5.41) is 8.92. The highest BCUT2D eigenvalue weighted by atomic mass is 16.4. The molecule has 0 aliphatic carbocycles. The Hall–Kier alpha value is -1.36. The lowest BCUT2D eigenvalue weighted by molar-refractivity contribution is -0.138. The van der Waals surface area contributed by atoms with E-state index in [-0.39, 0.29) is 0 Å². The quantitative estimate of drug-likeness (QED) is 0.834. The molecule has 5 nitrogen and oxygen atoms in total. The van der Waals surface area contributed by atoms with Gasteiger partial charge in [-0.1, -0.05) is 0 Å². The van der Waals surface area contributed by atoms with Gasteiger partial charge in [0.2, 0.25) is 0 Å². The van der Waals surface area contributed by atoms with E-state index in [0.29, 0.717) is 11.7 Å². The molecule has 0 bridgehead atoms. The van der Waals surface area contributed by atoms with Crippen molar-refractivity contribution in [3.63, 3.8) is 0 Å². The van der Waals surface area contributed by atoms with Gasteiger partial charge in [-0.2, -0.15) is 0 Å². The fourth-order valence-corrected chi connectivity index (χ4v) is 2.22. The highest BCUT2D eigenvalue weighted by molar-refractivity contribution is 5.74. The number of hydrogen-bond acceptors (Lipinski definition) is 3. The third-order valence-electron chi connectivity index (χ3n) is 3.55. The van der Waals surface area contributed by atoms with Crippen LogP contribution in [0.2, 0.25) is 0 Å². The summed E-state index contributed by atoms with van der Waals surface area (Å²) < 4.78 is 0. The molecule has 0 amide bonds. The first kappa shape index (κ1) is 12.1. The Labute approximate surface area is 101 Å². The van der Waals surface area contributed by atoms with E-state index in [9.17, 15) is 4.79 Å². The fourth-order valence-electron chi connectivity index (χ4n) is 2.22. The lowest BCUT2D eigenvalue weighted by Gasteiger charge is -2.28. The zero-order valence-corrected chi connectivity index (χ0v) is 10.3. The number of likely N-dealkylation sites (tertiary alicyclic amines) is 1. The number of nitrogens with zero attached hydrogens (tertiary/aromatic N) is 2. The van der Waals surface area contributed by atoms with Crippen molar-refractivity contribution in [1.29, 1.82) is 0 Å². The summed E-state index contributed by atoms with van der Waals surface area (Å²) >= 11 is 0. The zero-order valence-electron chi connectivity index (χ0n) is 10.3. The van der Waals surface area contributed by atoms with Crippen molar-refractivity contribution >= 4 is 5.97 Å². The van der Waals surface area contributed by atoms with Crippen molar-refractivity contribution in [2.45, 2.75) is 31.6 Å². The van der Waals surface area contributed by atoms with E-state index in [0.717, 1.165) is 31.6 Å². The molecule has 2 rings (SSSR count). The lowest BCUT2D eigenvalue weighted by Crippen LogP contribution is -2.29. The molecule has 1 aliphatic rings. The summed E-state index contributed by atoms with van der Waals surface area (Å²) in [7, 11) is 2.13. The standard InChI is InChI=1S/C12H19N3O2/c1-8(12(16)17)11-13-7-10(14-11)9-3-5-15(2)6-4-9/h7-9H,3-6H2,1-2H3,(H,13,14)(H,16,17). The Bertz CT molecular complexity index is 394. The third-order valence-corrected chi connectivity index (χ3v) is 3.55. The molecule has 1 fully saturated rings. The molecular weight excluding hydrogens is 218 g/mol. The first-order valence-electron chi connectivity index (χ1n) is 6.04. The van der Waals surface area contributed by atoms with Crippen molar-refractivity contribution in [2.75, 3.05) is 20.1 Å². The number of carboxylic acid groups (broad SMARTS) is 1. The Morgan fingerprint density at radius 2 is 2.24 bits per heavy atom. The van der Waals surface area contributed by atoms with Crippen molar-refractivity contribution in [3.05, 3.63) is 17.7 Å². The number of rotatable bonds is 3. The van der Waals surface area contributed by atoms with Crippen LogP contribution in [0.5, 0.6) is 0 Å². The molecule has 0 saturated carbocycles. The molecule has 1 aliphatic heterocycles. The van der Waals surface area contributed by atoms with Gasteiger partial charge in [0, 0.05) is 17.8 Å². The predicted molar refractivity (Wildman–Crippen MR) is 64.1 cm³/mol. The van der Waals surface area contributed by atoms with E-state index >= 15 is 0 Å². The molecule has 0 radical (unpaired) electrons. The molecular formula is C12H19N3O2. The minimum atomic E-state index is -0.839. The topological polar surface area (TPSA) is 69.2 Å². The van der Waals surface area contributed by atoms with Crippen LogP contribution in [0.25, 0.3) is 0 Å². The van der Waals surface area contributed by atoms with Crippen LogP contribution in [0.15, 0.2) is 6.20 Å². The minimum Gasteiger partial charge on any atom is -0.481 e. The van der Waals surface area contributed by atoms with Gasteiger partial charge in [0.15, 0.2) is 0 Å². The zero-order chi connectivity index (χ0) is 12.4. The van der Waals surface area contributed by atoms with Gasteiger partial charge in [-0.05, 0) is 39.9 Å². The number of piperidine rings is 1. The molecule has 2 N–H and O–H groups in total. The Kier molecular flexibility index (Phi) is 3.47. The first-order chi connectivity index (χ1) is 8.08. The van der Waals surface area contributed by atoms with Gasteiger partial charge in [0.05, 0.1) is 0 Å². The average Bonchev–Trinajstić information content (AvgIpc) is 2.78. The van der Waals surface area contributed by atoms with Gasteiger partial charge in [0.1, 0.15) is 11.7 Å². The maximum atomic E-state index is 10.9.